The quantitative estimate of drug-likeness (QED) is 0.482. The Balaban J connectivity index is 1.72. The molecule has 0 aliphatic heterocycles. The number of rotatable bonds is 7. The van der Waals surface area contributed by atoms with Crippen LogP contribution in [0.3, 0.4) is 0 Å². The Labute approximate surface area is 124 Å². The molecule has 0 atom stereocenters. The first-order valence-electron chi connectivity index (χ1n) is 6.50. The van der Waals surface area contributed by atoms with Crippen LogP contribution in [0.5, 0.6) is 5.75 Å². The fourth-order valence-electron chi connectivity index (χ4n) is 1.80. The third-order valence-electron chi connectivity index (χ3n) is 2.94. The van der Waals surface area contributed by atoms with Gasteiger partial charge in [0, 0.05) is 24.5 Å². The predicted molar refractivity (Wildman–Crippen MR) is 82.2 cm³/mol. The summed E-state index contributed by atoms with van der Waals surface area (Å²) in [6.45, 7) is 1.72. The molecule has 0 saturated heterocycles. The fraction of sp³-hybridized carbons (Fsp3) is 0.333. The second kappa shape index (κ2) is 7.87. The van der Waals surface area contributed by atoms with E-state index in [0.29, 0.717) is 0 Å². The van der Waals surface area contributed by atoms with Gasteiger partial charge in [0.25, 0.3) is 0 Å². The molecule has 0 aliphatic carbocycles. The van der Waals surface area contributed by atoms with Gasteiger partial charge in [-0.2, -0.15) is 0 Å². The summed E-state index contributed by atoms with van der Waals surface area (Å²) in [6.07, 6.45) is 6.72. The average molecular weight is 289 g/mol. The van der Waals surface area contributed by atoms with Crippen LogP contribution >= 0.6 is 11.8 Å². The van der Waals surface area contributed by atoms with Crippen molar-refractivity contribution in [3.63, 3.8) is 0 Å². The van der Waals surface area contributed by atoms with E-state index in [9.17, 15) is 0 Å². The molecule has 0 bridgehead atoms. The van der Waals surface area contributed by atoms with E-state index in [-0.39, 0.29) is 0 Å². The second-order valence-corrected chi connectivity index (χ2v) is 5.13. The lowest BCUT2D eigenvalue weighted by Gasteiger charge is -2.06. The minimum absolute atomic E-state index is 0.796. The Morgan fingerprint density at radius 1 is 1.10 bits per heavy atom. The summed E-state index contributed by atoms with van der Waals surface area (Å²) in [5.74, 6) is 0.896. The molecule has 1 aromatic heterocycles. The molecule has 0 saturated carbocycles. The highest BCUT2D eigenvalue weighted by Gasteiger charge is 1.97. The molecule has 1 heterocycles. The van der Waals surface area contributed by atoms with Crippen molar-refractivity contribution in [2.75, 3.05) is 19.9 Å². The van der Waals surface area contributed by atoms with Gasteiger partial charge < -0.3 is 10.1 Å². The lowest BCUT2D eigenvalue weighted by molar-refractivity contribution is 0.414. The van der Waals surface area contributed by atoms with Crippen molar-refractivity contribution in [3.05, 3.63) is 47.8 Å². The standard InChI is InChI=1S/C15H19N3OS/c1-19-14-5-3-12(4-6-14)7-8-16-9-13-10-17-15(20-2)18-11-13/h3-6,10-11,16H,7-9H2,1-2H3. The Morgan fingerprint density at radius 3 is 2.40 bits per heavy atom. The van der Waals surface area contributed by atoms with E-state index in [4.69, 9.17) is 4.74 Å². The Kier molecular flexibility index (Phi) is 5.83. The van der Waals surface area contributed by atoms with Crippen LogP contribution in [-0.2, 0) is 13.0 Å². The molecular formula is C15H19N3OS. The van der Waals surface area contributed by atoms with Crippen LogP contribution in [0.2, 0.25) is 0 Å². The first-order valence-corrected chi connectivity index (χ1v) is 7.73. The van der Waals surface area contributed by atoms with Crippen molar-refractivity contribution in [2.45, 2.75) is 18.1 Å². The monoisotopic (exact) mass is 289 g/mol. The third kappa shape index (κ3) is 4.51. The van der Waals surface area contributed by atoms with Crippen LogP contribution < -0.4 is 10.1 Å². The number of benzene rings is 1. The summed E-state index contributed by atoms with van der Waals surface area (Å²) in [6, 6.07) is 8.17. The summed E-state index contributed by atoms with van der Waals surface area (Å²) in [7, 11) is 1.68. The molecule has 2 rings (SSSR count). The van der Waals surface area contributed by atoms with E-state index in [2.05, 4.69) is 27.4 Å². The van der Waals surface area contributed by atoms with Crippen LogP contribution in [0.15, 0.2) is 41.8 Å². The van der Waals surface area contributed by atoms with E-state index in [1.54, 1.807) is 18.9 Å². The van der Waals surface area contributed by atoms with Gasteiger partial charge >= 0.3 is 0 Å². The zero-order chi connectivity index (χ0) is 14.2. The number of aromatic nitrogens is 2. The summed E-state index contributed by atoms with van der Waals surface area (Å²) in [5.41, 5.74) is 2.41. The van der Waals surface area contributed by atoms with Gasteiger partial charge in [0.2, 0.25) is 0 Å². The molecule has 0 unspecified atom stereocenters. The molecule has 20 heavy (non-hydrogen) atoms. The molecule has 1 N–H and O–H groups in total. The van der Waals surface area contributed by atoms with Crippen LogP contribution in [-0.4, -0.2) is 29.9 Å². The maximum absolute atomic E-state index is 5.14. The van der Waals surface area contributed by atoms with E-state index >= 15 is 0 Å². The zero-order valence-corrected chi connectivity index (χ0v) is 12.6. The summed E-state index contributed by atoms with van der Waals surface area (Å²) in [5, 5.41) is 4.21. The second-order valence-electron chi connectivity index (χ2n) is 4.35. The van der Waals surface area contributed by atoms with Crippen molar-refractivity contribution in [1.29, 1.82) is 0 Å². The molecule has 0 fully saturated rings. The predicted octanol–water partition coefficient (Wildman–Crippen LogP) is 2.54. The average Bonchev–Trinajstić information content (AvgIpc) is 2.53. The van der Waals surface area contributed by atoms with Crippen LogP contribution in [0.1, 0.15) is 11.1 Å². The van der Waals surface area contributed by atoms with E-state index < -0.39 is 0 Å². The highest BCUT2D eigenvalue weighted by Crippen LogP contribution is 2.11. The lowest BCUT2D eigenvalue weighted by Crippen LogP contribution is -2.17. The number of nitrogens with one attached hydrogen (secondary N) is 1. The number of methoxy groups -OCH3 is 1. The molecule has 0 spiro atoms. The normalized spacial score (nSPS) is 10.5. The molecule has 0 aliphatic rings. The number of thioether (sulfide) groups is 1. The first kappa shape index (κ1) is 14.8. The minimum atomic E-state index is 0.796. The molecule has 5 heteroatoms. The van der Waals surface area contributed by atoms with Crippen LogP contribution in [0.25, 0.3) is 0 Å². The maximum Gasteiger partial charge on any atom is 0.187 e. The van der Waals surface area contributed by atoms with Crippen LogP contribution in [0, 0.1) is 0 Å². The van der Waals surface area contributed by atoms with Gasteiger partial charge in [0.15, 0.2) is 5.16 Å². The highest BCUT2D eigenvalue weighted by molar-refractivity contribution is 7.98. The molecule has 2 aromatic rings. The SMILES string of the molecule is COc1ccc(CCNCc2cnc(SC)nc2)cc1. The Bertz CT molecular complexity index is 464. The Hall–Kier alpha value is -1.59. The van der Waals surface area contributed by atoms with Gasteiger partial charge in [0.1, 0.15) is 5.75 Å². The highest BCUT2D eigenvalue weighted by atomic mass is 32.2. The molecule has 0 radical (unpaired) electrons. The van der Waals surface area contributed by atoms with Gasteiger partial charge in [-0.05, 0) is 36.9 Å². The minimum Gasteiger partial charge on any atom is -0.497 e. The van der Waals surface area contributed by atoms with Gasteiger partial charge in [0.05, 0.1) is 7.11 Å². The molecule has 1 aromatic carbocycles. The van der Waals surface area contributed by atoms with Gasteiger partial charge in [-0.1, -0.05) is 23.9 Å². The summed E-state index contributed by atoms with van der Waals surface area (Å²) in [4.78, 5) is 8.50. The topological polar surface area (TPSA) is 47.0 Å². The maximum atomic E-state index is 5.14. The van der Waals surface area contributed by atoms with Gasteiger partial charge in [-0.3, -0.25) is 0 Å². The molecular weight excluding hydrogens is 270 g/mol. The van der Waals surface area contributed by atoms with Gasteiger partial charge in [-0.15, -0.1) is 0 Å². The molecule has 106 valence electrons. The van der Waals surface area contributed by atoms with Crippen molar-refractivity contribution < 1.29 is 4.74 Å². The summed E-state index contributed by atoms with van der Waals surface area (Å²) < 4.78 is 5.14. The number of hydrogen-bond acceptors (Lipinski definition) is 5. The van der Waals surface area contributed by atoms with Crippen molar-refractivity contribution in [1.82, 2.24) is 15.3 Å². The largest absolute Gasteiger partial charge is 0.497 e. The van der Waals surface area contributed by atoms with Crippen molar-refractivity contribution in [3.8, 4) is 5.75 Å². The fourth-order valence-corrected chi connectivity index (χ4v) is 2.11. The van der Waals surface area contributed by atoms with Crippen molar-refractivity contribution in [2.24, 2.45) is 0 Å². The van der Waals surface area contributed by atoms with Crippen LogP contribution in [0.4, 0.5) is 0 Å². The smallest absolute Gasteiger partial charge is 0.187 e. The third-order valence-corrected chi connectivity index (χ3v) is 3.52. The summed E-state index contributed by atoms with van der Waals surface area (Å²) >= 11 is 1.55. The number of ether oxygens (including phenoxy) is 1. The molecule has 4 nitrogen and oxygen atoms in total. The number of nitrogens with zero attached hydrogens (tertiary/aromatic N) is 2. The zero-order valence-electron chi connectivity index (χ0n) is 11.8. The molecule has 0 amide bonds. The first-order chi connectivity index (χ1) is 9.81. The van der Waals surface area contributed by atoms with Crippen molar-refractivity contribution >= 4 is 11.8 Å². The van der Waals surface area contributed by atoms with E-state index in [0.717, 1.165) is 36.0 Å². The van der Waals surface area contributed by atoms with E-state index in [1.807, 2.05) is 30.8 Å². The van der Waals surface area contributed by atoms with E-state index in [1.165, 1.54) is 5.56 Å². The lowest BCUT2D eigenvalue weighted by atomic mass is 10.1. The Morgan fingerprint density at radius 2 is 1.80 bits per heavy atom. The van der Waals surface area contributed by atoms with Gasteiger partial charge in [-0.25, -0.2) is 9.97 Å². The number of hydrogen-bond donors (Lipinski definition) is 1.